The fraction of sp³-hybridized carbons (Fsp3) is 0.429. The lowest BCUT2D eigenvalue weighted by molar-refractivity contribution is 0.0850. The van der Waals surface area contributed by atoms with Crippen LogP contribution in [0.4, 0.5) is 9.59 Å². The fourth-order valence-corrected chi connectivity index (χ4v) is 5.67. The molecule has 0 bridgehead atoms. The van der Waals surface area contributed by atoms with Crippen molar-refractivity contribution in [3.05, 3.63) is 104 Å². The minimum Gasteiger partial charge on any atom is -0.444 e. The van der Waals surface area contributed by atoms with Crippen LogP contribution < -0.4 is 0 Å². The lowest BCUT2D eigenvalue weighted by Gasteiger charge is -2.26. The number of amides is 2. The molecule has 0 aliphatic rings. The maximum Gasteiger partial charge on any atom is 0.410 e. The number of hydrogen-bond acceptors (Lipinski definition) is 8. The van der Waals surface area contributed by atoms with Gasteiger partial charge in [0, 0.05) is 38.6 Å². The van der Waals surface area contributed by atoms with Crippen LogP contribution in [0.25, 0.3) is 0 Å². The van der Waals surface area contributed by atoms with Gasteiger partial charge in [0.15, 0.2) is 0 Å². The Bertz CT molecular complexity index is 1360. The van der Waals surface area contributed by atoms with Crippen LogP contribution in [0.3, 0.4) is 0 Å². The molecule has 240 valence electrons. The van der Waals surface area contributed by atoms with Gasteiger partial charge in [0.05, 0.1) is 20.8 Å². The molecule has 0 fully saturated rings. The van der Waals surface area contributed by atoms with Crippen molar-refractivity contribution in [2.75, 3.05) is 13.1 Å². The van der Waals surface area contributed by atoms with Crippen molar-refractivity contribution in [3.63, 3.8) is 0 Å². The molecule has 0 aliphatic carbocycles. The molecule has 0 N–H and O–H groups in total. The number of thiazole rings is 2. The Labute approximate surface area is 275 Å². The monoisotopic (exact) mass is 648 g/mol. The second kappa shape index (κ2) is 15.5. The lowest BCUT2D eigenvalue weighted by Crippen LogP contribution is -2.36. The predicted molar refractivity (Wildman–Crippen MR) is 180 cm³/mol. The maximum atomic E-state index is 13.3. The van der Waals surface area contributed by atoms with Crippen molar-refractivity contribution in [2.45, 2.75) is 85.1 Å². The number of hydrogen-bond donors (Lipinski definition) is 0. The summed E-state index contributed by atoms with van der Waals surface area (Å²) in [7, 11) is 0. The van der Waals surface area contributed by atoms with Crippen LogP contribution in [0.5, 0.6) is 0 Å². The second-order valence-corrected chi connectivity index (χ2v) is 15.1. The first kappa shape index (κ1) is 34.1. The third-order valence-corrected chi connectivity index (χ3v) is 8.91. The molecular weight excluding hydrogens is 605 g/mol. The first-order chi connectivity index (χ1) is 21.4. The third-order valence-electron chi connectivity index (χ3n) is 7.40. The average Bonchev–Trinajstić information content (AvgIpc) is 3.72. The Morgan fingerprint density at radius 3 is 1.33 bits per heavy atom. The van der Waals surface area contributed by atoms with E-state index in [1.54, 1.807) is 33.2 Å². The normalized spacial score (nSPS) is 11.7. The smallest absolute Gasteiger partial charge is 0.410 e. The van der Waals surface area contributed by atoms with Gasteiger partial charge in [0.1, 0.15) is 13.2 Å². The van der Waals surface area contributed by atoms with Gasteiger partial charge < -0.3 is 19.3 Å². The molecule has 8 nitrogen and oxygen atoms in total. The number of benzene rings is 2. The van der Waals surface area contributed by atoms with Crippen molar-refractivity contribution >= 4 is 34.9 Å². The molecule has 0 unspecified atom stereocenters. The van der Waals surface area contributed by atoms with Crippen molar-refractivity contribution < 1.29 is 19.1 Å². The van der Waals surface area contributed by atoms with E-state index in [0.29, 0.717) is 32.6 Å². The highest BCUT2D eigenvalue weighted by molar-refractivity contribution is 7.09. The van der Waals surface area contributed by atoms with Crippen molar-refractivity contribution in [2.24, 2.45) is 0 Å². The Morgan fingerprint density at radius 2 is 1.02 bits per heavy atom. The summed E-state index contributed by atoms with van der Waals surface area (Å²) in [6.45, 7) is 15.0. The van der Waals surface area contributed by atoms with Gasteiger partial charge in [-0.05, 0) is 39.5 Å². The van der Waals surface area contributed by atoms with Gasteiger partial charge in [-0.1, -0.05) is 90.1 Å². The van der Waals surface area contributed by atoms with Gasteiger partial charge in [0.2, 0.25) is 0 Å². The van der Waals surface area contributed by atoms with Crippen LogP contribution in [-0.4, -0.2) is 45.0 Å². The van der Waals surface area contributed by atoms with Crippen molar-refractivity contribution in [1.29, 1.82) is 0 Å². The van der Waals surface area contributed by atoms with Crippen LogP contribution >= 0.6 is 22.7 Å². The number of ether oxygens (including phenoxy) is 2. The molecule has 10 heteroatoms. The number of carbonyl (C=O) groups excluding carboxylic acids is 2. The van der Waals surface area contributed by atoms with Gasteiger partial charge in [-0.3, -0.25) is 9.97 Å². The number of carbonyl (C=O) groups is 2. The number of rotatable bonds is 12. The first-order valence-corrected chi connectivity index (χ1v) is 16.9. The topological polar surface area (TPSA) is 84.9 Å². The zero-order valence-electron chi connectivity index (χ0n) is 27.1. The van der Waals surface area contributed by atoms with E-state index in [9.17, 15) is 9.59 Å². The van der Waals surface area contributed by atoms with E-state index >= 15 is 0 Å². The van der Waals surface area contributed by atoms with Crippen LogP contribution in [0, 0.1) is 0 Å². The molecule has 2 aromatic heterocycles. The summed E-state index contributed by atoms with van der Waals surface area (Å²) in [5.74, 6) is 0. The van der Waals surface area contributed by atoms with Crippen LogP contribution in [0.15, 0.2) is 71.9 Å². The molecule has 0 aliphatic heterocycles. The lowest BCUT2D eigenvalue weighted by atomic mass is 9.87. The van der Waals surface area contributed by atoms with Gasteiger partial charge in [-0.2, -0.15) is 0 Å². The summed E-state index contributed by atoms with van der Waals surface area (Å²) in [6.07, 6.45) is 3.15. The molecular formula is C35H44N4O4S2. The Kier molecular flexibility index (Phi) is 11.7. The van der Waals surface area contributed by atoms with E-state index in [-0.39, 0.29) is 24.0 Å². The van der Waals surface area contributed by atoms with Crippen LogP contribution in [0.2, 0.25) is 0 Å². The molecule has 0 spiro atoms. The predicted octanol–water partition coefficient (Wildman–Crippen LogP) is 8.56. The van der Waals surface area contributed by atoms with Crippen molar-refractivity contribution in [1.82, 2.24) is 19.8 Å². The summed E-state index contributed by atoms with van der Waals surface area (Å²) in [5, 5.41) is 0. The summed E-state index contributed by atoms with van der Waals surface area (Å²) >= 11 is 2.90. The van der Waals surface area contributed by atoms with Gasteiger partial charge in [-0.25, -0.2) is 9.59 Å². The highest BCUT2D eigenvalue weighted by atomic mass is 32.1. The fourth-order valence-electron chi connectivity index (χ4n) is 4.66. The highest BCUT2D eigenvalue weighted by Crippen LogP contribution is 2.24. The Hall–Kier alpha value is -3.76. The van der Waals surface area contributed by atoms with E-state index in [4.69, 9.17) is 9.47 Å². The highest BCUT2D eigenvalue weighted by Gasteiger charge is 2.21. The van der Waals surface area contributed by atoms with E-state index in [1.807, 2.05) is 0 Å². The second-order valence-electron chi connectivity index (χ2n) is 13.1. The summed E-state index contributed by atoms with van der Waals surface area (Å²) in [4.78, 5) is 39.9. The van der Waals surface area contributed by atoms with Gasteiger partial charge >= 0.3 is 12.2 Å². The molecule has 4 rings (SSSR count). The Morgan fingerprint density at radius 1 is 0.644 bits per heavy atom. The third kappa shape index (κ3) is 10.7. The molecule has 0 radical (unpaired) electrons. The van der Waals surface area contributed by atoms with Crippen LogP contribution in [0.1, 0.15) is 80.0 Å². The quantitative estimate of drug-likeness (QED) is 0.153. The molecule has 2 amide bonds. The maximum absolute atomic E-state index is 13.3. The molecule has 0 saturated heterocycles. The molecule has 45 heavy (non-hydrogen) atoms. The zero-order chi connectivity index (χ0) is 32.5. The SMILES string of the molecule is CC(C)(C)c1ccc(CN(CCCN(Cc2ccc(C(C)(C)C)cc2)C(=O)OCc2cncs2)C(=O)OCc2cncs2)cc1. The Balaban J connectivity index is 1.45. The van der Waals surface area contributed by atoms with Crippen molar-refractivity contribution in [3.8, 4) is 0 Å². The average molecular weight is 649 g/mol. The molecule has 4 aromatic rings. The number of aromatic nitrogens is 2. The summed E-state index contributed by atoms with van der Waals surface area (Å²) in [6, 6.07) is 16.7. The molecule has 2 heterocycles. The van der Waals surface area contributed by atoms with Crippen LogP contribution in [-0.2, 0) is 46.6 Å². The number of nitrogens with zero attached hydrogens (tertiary/aromatic N) is 4. The van der Waals surface area contributed by atoms with Gasteiger partial charge in [0.25, 0.3) is 0 Å². The van der Waals surface area contributed by atoms with E-state index in [0.717, 1.165) is 20.9 Å². The van der Waals surface area contributed by atoms with E-state index < -0.39 is 12.2 Å². The molecule has 2 aromatic carbocycles. The zero-order valence-corrected chi connectivity index (χ0v) is 28.7. The summed E-state index contributed by atoms with van der Waals surface area (Å²) in [5.41, 5.74) is 8.00. The minimum absolute atomic E-state index is 0.0387. The first-order valence-electron chi connectivity index (χ1n) is 15.2. The molecule has 0 atom stereocenters. The van der Waals surface area contributed by atoms with E-state index in [1.165, 1.54) is 33.8 Å². The standard InChI is InChI=1S/C35H44N4O4S2/c1-34(2,3)28-12-8-26(9-13-28)20-38(32(40)42-22-30-18-36-24-44-30)16-7-17-39(33(41)43-23-31-19-37-25-45-31)21-27-10-14-29(15-11-27)35(4,5)6/h8-15,18-19,24-25H,7,16-17,20-23H2,1-6H3. The largest absolute Gasteiger partial charge is 0.444 e. The summed E-state index contributed by atoms with van der Waals surface area (Å²) < 4.78 is 11.3. The minimum atomic E-state index is -0.402. The van der Waals surface area contributed by atoms with Gasteiger partial charge in [-0.15, -0.1) is 22.7 Å². The van der Waals surface area contributed by atoms with E-state index in [2.05, 4.69) is 100 Å². The molecule has 0 saturated carbocycles.